The van der Waals surface area contributed by atoms with Crippen LogP contribution in [0.5, 0.6) is 0 Å². The molecule has 0 amide bonds. The van der Waals surface area contributed by atoms with Gasteiger partial charge in [-0.25, -0.2) is 9.98 Å². The second-order valence-electron chi connectivity index (χ2n) is 2.59. The van der Waals surface area contributed by atoms with Gasteiger partial charge in [0.25, 0.3) is 0 Å². The zero-order valence-corrected chi connectivity index (χ0v) is 8.14. The summed E-state index contributed by atoms with van der Waals surface area (Å²) in [7, 11) is 0. The molecule has 1 aromatic heterocycles. The quantitative estimate of drug-likeness (QED) is 0.736. The Hall–Kier alpha value is -1.90. The Morgan fingerprint density at radius 2 is 2.43 bits per heavy atom. The van der Waals surface area contributed by atoms with E-state index in [1.807, 2.05) is 37.3 Å². The average Bonchev–Trinajstić information content (AvgIpc) is 2.20. The van der Waals surface area contributed by atoms with E-state index in [1.165, 1.54) is 0 Å². The number of aromatic nitrogens is 1. The Morgan fingerprint density at radius 3 is 3.07 bits per heavy atom. The molecule has 1 heterocycles. The highest BCUT2D eigenvalue weighted by atomic mass is 15.1. The van der Waals surface area contributed by atoms with Crippen LogP contribution in [0.4, 0.5) is 5.82 Å². The van der Waals surface area contributed by atoms with Gasteiger partial charge in [-0.3, -0.25) is 0 Å². The van der Waals surface area contributed by atoms with Crippen molar-refractivity contribution in [2.24, 2.45) is 4.99 Å². The maximum absolute atomic E-state index is 4.08. The summed E-state index contributed by atoms with van der Waals surface area (Å²) in [5, 5.41) is 2.96. The van der Waals surface area contributed by atoms with E-state index in [2.05, 4.69) is 21.9 Å². The predicted molar refractivity (Wildman–Crippen MR) is 60.3 cm³/mol. The molecule has 0 saturated carbocycles. The summed E-state index contributed by atoms with van der Waals surface area (Å²) in [5.74, 6) is 1.32. The van der Waals surface area contributed by atoms with Crippen molar-refractivity contribution >= 4 is 12.0 Å². The van der Waals surface area contributed by atoms with Crippen molar-refractivity contribution in [2.75, 3.05) is 5.32 Å². The molecule has 72 valence electrons. The maximum Gasteiger partial charge on any atom is 0.131 e. The number of anilines is 1. The third-order valence-corrected chi connectivity index (χ3v) is 1.45. The molecule has 0 bridgehead atoms. The number of rotatable bonds is 4. The summed E-state index contributed by atoms with van der Waals surface area (Å²) in [5.41, 5.74) is 0. The van der Waals surface area contributed by atoms with E-state index >= 15 is 0 Å². The van der Waals surface area contributed by atoms with E-state index in [0.717, 1.165) is 5.82 Å². The Balaban J connectivity index is 2.50. The molecule has 0 unspecified atom stereocenters. The van der Waals surface area contributed by atoms with Crippen LogP contribution in [-0.2, 0) is 0 Å². The molecule has 0 fully saturated rings. The molecule has 3 nitrogen and oxygen atoms in total. The van der Waals surface area contributed by atoms with Crippen LogP contribution in [0.15, 0.2) is 53.9 Å². The van der Waals surface area contributed by atoms with Gasteiger partial charge in [0.1, 0.15) is 11.6 Å². The van der Waals surface area contributed by atoms with Crippen LogP contribution in [0.1, 0.15) is 6.92 Å². The first-order valence-electron chi connectivity index (χ1n) is 4.35. The first-order chi connectivity index (χ1) is 6.83. The standard InChI is InChI=1S/C11H13N3/c1-3-4-8-12-10(2)14-11-7-5-6-9-13-11/h3-9H,2H2,1H3,(H,13,14)/b4-3-,12-8-. The average molecular weight is 187 g/mol. The molecule has 3 heteroatoms. The lowest BCUT2D eigenvalue weighted by Crippen LogP contribution is -1.96. The minimum atomic E-state index is 0.571. The van der Waals surface area contributed by atoms with Gasteiger partial charge in [-0.1, -0.05) is 18.7 Å². The first-order valence-corrected chi connectivity index (χ1v) is 4.35. The first kappa shape index (κ1) is 10.2. The van der Waals surface area contributed by atoms with E-state index in [1.54, 1.807) is 12.4 Å². The van der Waals surface area contributed by atoms with Crippen molar-refractivity contribution < 1.29 is 0 Å². The van der Waals surface area contributed by atoms with Crippen LogP contribution in [0.2, 0.25) is 0 Å². The van der Waals surface area contributed by atoms with Crippen LogP contribution in [0.25, 0.3) is 0 Å². The lowest BCUT2D eigenvalue weighted by atomic mass is 10.4. The van der Waals surface area contributed by atoms with Crippen molar-refractivity contribution in [3.63, 3.8) is 0 Å². The molecule has 0 aliphatic carbocycles. The number of aliphatic imine (C=N–C) groups is 1. The van der Waals surface area contributed by atoms with E-state index in [4.69, 9.17) is 0 Å². The SMILES string of the molecule is C=C(/N=C\C=C/C)Nc1ccccn1. The zero-order chi connectivity index (χ0) is 10.2. The molecule has 0 aliphatic rings. The molecule has 1 aromatic rings. The normalized spacial score (nSPS) is 10.9. The number of hydrogen-bond donors (Lipinski definition) is 1. The molecular weight excluding hydrogens is 174 g/mol. The molecule has 0 aliphatic heterocycles. The largest absolute Gasteiger partial charge is 0.325 e. The highest BCUT2D eigenvalue weighted by Gasteiger charge is 1.90. The van der Waals surface area contributed by atoms with Crippen molar-refractivity contribution in [2.45, 2.75) is 6.92 Å². The van der Waals surface area contributed by atoms with Gasteiger partial charge in [0.15, 0.2) is 0 Å². The van der Waals surface area contributed by atoms with Crippen LogP contribution in [0, 0.1) is 0 Å². The van der Waals surface area contributed by atoms with Gasteiger partial charge in [0, 0.05) is 12.4 Å². The van der Waals surface area contributed by atoms with Gasteiger partial charge in [-0.05, 0) is 25.1 Å². The predicted octanol–water partition coefficient (Wildman–Crippen LogP) is 2.61. The second-order valence-corrected chi connectivity index (χ2v) is 2.59. The summed E-state index contributed by atoms with van der Waals surface area (Å²) in [4.78, 5) is 8.13. The number of allylic oxidation sites excluding steroid dienone is 2. The Morgan fingerprint density at radius 1 is 1.57 bits per heavy atom. The number of nitrogens with one attached hydrogen (secondary N) is 1. The summed E-state index contributed by atoms with van der Waals surface area (Å²) in [6, 6.07) is 5.62. The monoisotopic (exact) mass is 187 g/mol. The van der Waals surface area contributed by atoms with Gasteiger partial charge >= 0.3 is 0 Å². The fraction of sp³-hybridized carbons (Fsp3) is 0.0909. The number of hydrogen-bond acceptors (Lipinski definition) is 3. The number of nitrogens with zero attached hydrogens (tertiary/aromatic N) is 2. The van der Waals surface area contributed by atoms with Crippen molar-refractivity contribution in [3.05, 3.63) is 48.9 Å². The smallest absolute Gasteiger partial charge is 0.131 e. The fourth-order valence-corrected chi connectivity index (χ4v) is 0.836. The van der Waals surface area contributed by atoms with Gasteiger partial charge < -0.3 is 5.32 Å². The second kappa shape index (κ2) is 5.70. The molecule has 0 aromatic carbocycles. The third-order valence-electron chi connectivity index (χ3n) is 1.45. The highest BCUT2D eigenvalue weighted by molar-refractivity contribution is 5.72. The minimum Gasteiger partial charge on any atom is -0.325 e. The maximum atomic E-state index is 4.08. The summed E-state index contributed by atoms with van der Waals surface area (Å²) < 4.78 is 0. The van der Waals surface area contributed by atoms with E-state index in [-0.39, 0.29) is 0 Å². The lowest BCUT2D eigenvalue weighted by Gasteiger charge is -2.02. The van der Waals surface area contributed by atoms with Crippen LogP contribution in [0.3, 0.4) is 0 Å². The van der Waals surface area contributed by atoms with Gasteiger partial charge in [-0.15, -0.1) is 0 Å². The molecule has 0 spiro atoms. The molecule has 1 rings (SSSR count). The molecule has 0 atom stereocenters. The van der Waals surface area contributed by atoms with Crippen LogP contribution >= 0.6 is 0 Å². The molecule has 0 saturated heterocycles. The zero-order valence-electron chi connectivity index (χ0n) is 8.14. The van der Waals surface area contributed by atoms with Crippen LogP contribution in [-0.4, -0.2) is 11.2 Å². The molecule has 0 radical (unpaired) electrons. The van der Waals surface area contributed by atoms with Crippen molar-refractivity contribution in [3.8, 4) is 0 Å². The topological polar surface area (TPSA) is 37.3 Å². The summed E-state index contributed by atoms with van der Waals surface area (Å²) in [6.07, 6.45) is 7.13. The van der Waals surface area contributed by atoms with Crippen molar-refractivity contribution in [1.29, 1.82) is 0 Å². The van der Waals surface area contributed by atoms with Crippen molar-refractivity contribution in [1.82, 2.24) is 4.98 Å². The van der Waals surface area contributed by atoms with E-state index in [0.29, 0.717) is 5.82 Å². The minimum absolute atomic E-state index is 0.571. The van der Waals surface area contributed by atoms with E-state index < -0.39 is 0 Å². The van der Waals surface area contributed by atoms with Crippen LogP contribution < -0.4 is 5.32 Å². The molecule has 1 N–H and O–H groups in total. The summed E-state index contributed by atoms with van der Waals surface area (Å²) >= 11 is 0. The highest BCUT2D eigenvalue weighted by Crippen LogP contribution is 2.03. The third kappa shape index (κ3) is 3.67. The van der Waals surface area contributed by atoms with Gasteiger partial charge in [-0.2, -0.15) is 0 Å². The van der Waals surface area contributed by atoms with Gasteiger partial charge in [0.2, 0.25) is 0 Å². The van der Waals surface area contributed by atoms with Gasteiger partial charge in [0.05, 0.1) is 0 Å². The summed E-state index contributed by atoms with van der Waals surface area (Å²) in [6.45, 7) is 5.67. The molecule has 14 heavy (non-hydrogen) atoms. The number of pyridine rings is 1. The Kier molecular flexibility index (Phi) is 4.14. The Labute approximate surface area is 83.9 Å². The fourth-order valence-electron chi connectivity index (χ4n) is 0.836. The lowest BCUT2D eigenvalue weighted by molar-refractivity contribution is 1.24. The van der Waals surface area contributed by atoms with E-state index in [9.17, 15) is 0 Å². The molecular formula is C11H13N3. The Bertz CT molecular complexity index is 339.